The molecule has 1 amide bonds. The van der Waals surface area contributed by atoms with Crippen LogP contribution in [0.1, 0.15) is 23.2 Å². The highest BCUT2D eigenvalue weighted by Crippen LogP contribution is 2.22. The first kappa shape index (κ1) is 16.8. The Hall–Kier alpha value is -1.61. The highest BCUT2D eigenvalue weighted by molar-refractivity contribution is 7.89. The minimum atomic E-state index is -4.48. The van der Waals surface area contributed by atoms with E-state index in [2.05, 4.69) is 4.72 Å². The van der Waals surface area contributed by atoms with Crippen LogP contribution >= 0.6 is 0 Å². The van der Waals surface area contributed by atoms with Gasteiger partial charge in [0.1, 0.15) is 6.54 Å². The molecule has 9 heteroatoms. The molecule has 0 saturated heterocycles. The zero-order valence-corrected chi connectivity index (χ0v) is 12.5. The average molecular weight is 336 g/mol. The summed E-state index contributed by atoms with van der Waals surface area (Å²) in [6.07, 6.45) is -2.90. The number of alkyl halides is 3. The van der Waals surface area contributed by atoms with E-state index in [-0.39, 0.29) is 16.5 Å². The Morgan fingerprint density at radius 2 is 1.82 bits per heavy atom. The largest absolute Gasteiger partial charge is 0.406 e. The smallest absolute Gasteiger partial charge is 0.333 e. The zero-order valence-electron chi connectivity index (χ0n) is 11.7. The van der Waals surface area contributed by atoms with Crippen molar-refractivity contribution in [2.24, 2.45) is 0 Å². The van der Waals surface area contributed by atoms with Gasteiger partial charge in [-0.25, -0.2) is 13.1 Å². The number of benzene rings is 1. The summed E-state index contributed by atoms with van der Waals surface area (Å²) < 4.78 is 63.1. The van der Waals surface area contributed by atoms with Gasteiger partial charge in [-0.2, -0.15) is 13.2 Å². The number of rotatable bonds is 5. The average Bonchev–Trinajstić information content (AvgIpc) is 3.19. The van der Waals surface area contributed by atoms with Crippen LogP contribution in [0.3, 0.4) is 0 Å². The standard InChI is InChI=1S/C13H15F3N2O3S/c1-18(8-13(14,15)16)12(19)9-2-6-11(7-3-9)22(20,21)17-10-4-5-10/h2-3,6-7,10,17H,4-5,8H2,1H3. The maximum atomic E-state index is 12.2. The summed E-state index contributed by atoms with van der Waals surface area (Å²) in [5, 5.41) is 0. The van der Waals surface area contributed by atoms with Crippen LogP contribution in [-0.4, -0.2) is 45.0 Å². The Bertz CT molecular complexity index is 652. The molecule has 122 valence electrons. The Balaban J connectivity index is 2.09. The Morgan fingerprint density at radius 3 is 2.27 bits per heavy atom. The summed E-state index contributed by atoms with van der Waals surface area (Å²) in [5.41, 5.74) is -0.00266. The summed E-state index contributed by atoms with van der Waals surface area (Å²) in [4.78, 5) is 12.3. The molecule has 22 heavy (non-hydrogen) atoms. The second-order valence-electron chi connectivity index (χ2n) is 5.20. The van der Waals surface area contributed by atoms with E-state index in [1.165, 1.54) is 24.3 Å². The van der Waals surface area contributed by atoms with Gasteiger partial charge in [-0.3, -0.25) is 4.79 Å². The van der Waals surface area contributed by atoms with Crippen molar-refractivity contribution in [3.8, 4) is 0 Å². The van der Waals surface area contributed by atoms with Gasteiger partial charge in [-0.15, -0.1) is 0 Å². The molecule has 0 aliphatic heterocycles. The summed E-state index contributed by atoms with van der Waals surface area (Å²) in [5.74, 6) is -0.823. The number of carbonyl (C=O) groups is 1. The predicted octanol–water partition coefficient (Wildman–Crippen LogP) is 1.76. The fourth-order valence-corrected chi connectivity index (χ4v) is 3.13. The monoisotopic (exact) mass is 336 g/mol. The molecule has 0 heterocycles. The van der Waals surface area contributed by atoms with E-state index in [4.69, 9.17) is 0 Å². The van der Waals surface area contributed by atoms with Crippen molar-refractivity contribution >= 4 is 15.9 Å². The van der Waals surface area contributed by atoms with E-state index in [0.29, 0.717) is 4.90 Å². The molecule has 0 aromatic heterocycles. The maximum absolute atomic E-state index is 12.2. The van der Waals surface area contributed by atoms with Crippen molar-refractivity contribution in [2.75, 3.05) is 13.6 Å². The van der Waals surface area contributed by atoms with Crippen molar-refractivity contribution in [3.05, 3.63) is 29.8 Å². The number of hydrogen-bond donors (Lipinski definition) is 1. The van der Waals surface area contributed by atoms with Gasteiger partial charge in [0.25, 0.3) is 5.91 Å². The third-order valence-corrected chi connectivity index (χ3v) is 4.61. The van der Waals surface area contributed by atoms with Crippen LogP contribution in [0.4, 0.5) is 13.2 Å². The van der Waals surface area contributed by atoms with Gasteiger partial charge in [0, 0.05) is 18.7 Å². The van der Waals surface area contributed by atoms with E-state index in [1.54, 1.807) is 0 Å². The number of sulfonamides is 1. The minimum Gasteiger partial charge on any atom is -0.333 e. The molecule has 1 N–H and O–H groups in total. The van der Waals surface area contributed by atoms with E-state index in [0.717, 1.165) is 19.9 Å². The van der Waals surface area contributed by atoms with Gasteiger partial charge in [0.05, 0.1) is 4.90 Å². The van der Waals surface area contributed by atoms with Gasteiger partial charge >= 0.3 is 6.18 Å². The molecule has 1 saturated carbocycles. The summed E-state index contributed by atoms with van der Waals surface area (Å²) in [6.45, 7) is -1.37. The molecule has 5 nitrogen and oxygen atoms in total. The molecule has 2 rings (SSSR count). The maximum Gasteiger partial charge on any atom is 0.406 e. The first-order valence-electron chi connectivity index (χ1n) is 6.53. The number of halogens is 3. The second kappa shape index (κ2) is 5.88. The first-order valence-corrected chi connectivity index (χ1v) is 8.01. The van der Waals surface area contributed by atoms with E-state index in [1.807, 2.05) is 0 Å². The lowest BCUT2D eigenvalue weighted by atomic mass is 10.2. The van der Waals surface area contributed by atoms with Gasteiger partial charge in [-0.05, 0) is 37.1 Å². The normalized spacial score (nSPS) is 15.6. The first-order chi connectivity index (χ1) is 10.1. The molecule has 1 aliphatic carbocycles. The van der Waals surface area contributed by atoms with Crippen molar-refractivity contribution in [1.29, 1.82) is 0 Å². The van der Waals surface area contributed by atoms with Crippen molar-refractivity contribution in [1.82, 2.24) is 9.62 Å². The lowest BCUT2D eigenvalue weighted by Crippen LogP contribution is -2.35. The van der Waals surface area contributed by atoms with Gasteiger partial charge in [-0.1, -0.05) is 0 Å². The van der Waals surface area contributed by atoms with Gasteiger partial charge in [0.2, 0.25) is 10.0 Å². The molecule has 1 aromatic rings. The molecular weight excluding hydrogens is 321 g/mol. The van der Waals surface area contributed by atoms with Crippen LogP contribution in [0.25, 0.3) is 0 Å². The lowest BCUT2D eigenvalue weighted by molar-refractivity contribution is -0.138. The lowest BCUT2D eigenvalue weighted by Gasteiger charge is -2.19. The van der Waals surface area contributed by atoms with Crippen LogP contribution in [-0.2, 0) is 10.0 Å². The summed E-state index contributed by atoms with van der Waals surface area (Å²) in [7, 11) is -2.61. The molecule has 0 spiro atoms. The highest BCUT2D eigenvalue weighted by atomic mass is 32.2. The fraction of sp³-hybridized carbons (Fsp3) is 0.462. The fourth-order valence-electron chi connectivity index (χ4n) is 1.83. The number of nitrogens with one attached hydrogen (secondary N) is 1. The molecule has 0 bridgehead atoms. The number of hydrogen-bond acceptors (Lipinski definition) is 3. The highest BCUT2D eigenvalue weighted by Gasteiger charge is 2.32. The van der Waals surface area contributed by atoms with Crippen molar-refractivity contribution in [2.45, 2.75) is 30.0 Å². The Kier molecular flexibility index (Phi) is 4.48. The van der Waals surface area contributed by atoms with E-state index in [9.17, 15) is 26.4 Å². The number of carbonyl (C=O) groups excluding carboxylic acids is 1. The van der Waals surface area contributed by atoms with Crippen LogP contribution in [0, 0.1) is 0 Å². The van der Waals surface area contributed by atoms with Crippen molar-refractivity contribution < 1.29 is 26.4 Å². The van der Waals surface area contributed by atoms with Crippen LogP contribution in [0.2, 0.25) is 0 Å². The third-order valence-electron chi connectivity index (χ3n) is 3.07. The predicted molar refractivity (Wildman–Crippen MR) is 72.8 cm³/mol. The molecule has 1 aliphatic rings. The zero-order chi connectivity index (χ0) is 16.5. The topological polar surface area (TPSA) is 66.5 Å². The summed E-state index contributed by atoms with van der Waals surface area (Å²) in [6, 6.07) is 4.77. The van der Waals surface area contributed by atoms with Crippen molar-refractivity contribution in [3.63, 3.8) is 0 Å². The van der Waals surface area contributed by atoms with E-state index < -0.39 is 28.7 Å². The molecule has 1 fully saturated rings. The van der Waals surface area contributed by atoms with E-state index >= 15 is 0 Å². The number of nitrogens with zero attached hydrogens (tertiary/aromatic N) is 1. The van der Waals surface area contributed by atoms with Crippen LogP contribution in [0.15, 0.2) is 29.2 Å². The van der Waals surface area contributed by atoms with Crippen LogP contribution in [0.5, 0.6) is 0 Å². The van der Waals surface area contributed by atoms with Crippen LogP contribution < -0.4 is 4.72 Å². The minimum absolute atomic E-state index is 0.00266. The molecule has 0 atom stereocenters. The quantitative estimate of drug-likeness (QED) is 0.891. The van der Waals surface area contributed by atoms with Gasteiger partial charge < -0.3 is 4.90 Å². The molecule has 0 unspecified atom stereocenters. The Labute approximate surface area is 126 Å². The number of amides is 1. The third kappa shape index (κ3) is 4.44. The SMILES string of the molecule is CN(CC(F)(F)F)C(=O)c1ccc(S(=O)(=O)NC2CC2)cc1. The molecule has 1 aromatic carbocycles. The Morgan fingerprint density at radius 1 is 1.27 bits per heavy atom. The molecule has 0 radical (unpaired) electrons. The summed E-state index contributed by atoms with van der Waals surface area (Å²) >= 11 is 0. The second-order valence-corrected chi connectivity index (χ2v) is 6.91. The van der Waals surface area contributed by atoms with Gasteiger partial charge in [0.15, 0.2) is 0 Å². The molecular formula is C13H15F3N2O3S.